The molecule has 0 atom stereocenters. The van der Waals surface area contributed by atoms with Crippen molar-refractivity contribution in [2.24, 2.45) is 0 Å². The lowest BCUT2D eigenvalue weighted by Crippen LogP contribution is -1.97. The van der Waals surface area contributed by atoms with Crippen molar-refractivity contribution in [3.8, 4) is 11.3 Å². The molecule has 0 bridgehead atoms. The SMILES string of the molecule is Cc1cccc(-c2nc(C=O)ncc2C)c1. The highest BCUT2D eigenvalue weighted by atomic mass is 16.1. The van der Waals surface area contributed by atoms with Crippen LogP contribution >= 0.6 is 0 Å². The number of aldehydes is 1. The van der Waals surface area contributed by atoms with Crippen LogP contribution in [-0.4, -0.2) is 16.3 Å². The molecule has 3 heteroatoms. The van der Waals surface area contributed by atoms with E-state index in [9.17, 15) is 4.79 Å². The topological polar surface area (TPSA) is 42.9 Å². The fourth-order valence-corrected chi connectivity index (χ4v) is 1.60. The Hall–Kier alpha value is -2.03. The Morgan fingerprint density at radius 1 is 1.25 bits per heavy atom. The summed E-state index contributed by atoms with van der Waals surface area (Å²) in [6.45, 7) is 3.97. The Labute approximate surface area is 94.2 Å². The van der Waals surface area contributed by atoms with E-state index in [0.29, 0.717) is 6.29 Å². The number of hydrogen-bond acceptors (Lipinski definition) is 3. The van der Waals surface area contributed by atoms with E-state index in [0.717, 1.165) is 16.8 Å². The van der Waals surface area contributed by atoms with Crippen molar-refractivity contribution in [2.45, 2.75) is 13.8 Å². The van der Waals surface area contributed by atoms with Crippen LogP contribution in [0.2, 0.25) is 0 Å². The molecule has 80 valence electrons. The van der Waals surface area contributed by atoms with Crippen LogP contribution in [0, 0.1) is 13.8 Å². The van der Waals surface area contributed by atoms with Crippen molar-refractivity contribution in [1.82, 2.24) is 9.97 Å². The van der Waals surface area contributed by atoms with Gasteiger partial charge in [0.2, 0.25) is 0 Å². The second kappa shape index (κ2) is 4.23. The van der Waals surface area contributed by atoms with E-state index >= 15 is 0 Å². The molecule has 0 aliphatic rings. The number of carbonyl (C=O) groups excluding carboxylic acids is 1. The summed E-state index contributed by atoms with van der Waals surface area (Å²) in [4.78, 5) is 18.8. The zero-order chi connectivity index (χ0) is 11.5. The molecule has 0 N–H and O–H groups in total. The van der Waals surface area contributed by atoms with E-state index < -0.39 is 0 Å². The molecule has 0 spiro atoms. The molecule has 0 fully saturated rings. The van der Waals surface area contributed by atoms with Gasteiger partial charge in [0.05, 0.1) is 5.69 Å². The van der Waals surface area contributed by atoms with E-state index in [2.05, 4.69) is 9.97 Å². The van der Waals surface area contributed by atoms with Gasteiger partial charge in [0.1, 0.15) is 0 Å². The Bertz CT molecular complexity index is 535. The monoisotopic (exact) mass is 212 g/mol. The second-order valence-electron chi connectivity index (χ2n) is 3.75. The van der Waals surface area contributed by atoms with Gasteiger partial charge in [-0.15, -0.1) is 0 Å². The van der Waals surface area contributed by atoms with Crippen molar-refractivity contribution in [3.63, 3.8) is 0 Å². The maximum atomic E-state index is 10.6. The Kier molecular flexibility index (Phi) is 2.77. The molecule has 0 aliphatic carbocycles. The van der Waals surface area contributed by atoms with Crippen LogP contribution in [0.25, 0.3) is 11.3 Å². The van der Waals surface area contributed by atoms with E-state index in [1.165, 1.54) is 5.56 Å². The van der Waals surface area contributed by atoms with Crippen LogP contribution in [0.3, 0.4) is 0 Å². The lowest BCUT2D eigenvalue weighted by atomic mass is 10.1. The molecule has 3 nitrogen and oxygen atoms in total. The van der Waals surface area contributed by atoms with Gasteiger partial charge in [-0.1, -0.05) is 23.8 Å². The van der Waals surface area contributed by atoms with Crippen LogP contribution in [0.5, 0.6) is 0 Å². The van der Waals surface area contributed by atoms with Crippen molar-refractivity contribution in [1.29, 1.82) is 0 Å². The molecule has 0 radical (unpaired) electrons. The largest absolute Gasteiger partial charge is 0.294 e. The molecule has 2 rings (SSSR count). The first-order chi connectivity index (χ1) is 7.70. The lowest BCUT2D eigenvalue weighted by molar-refractivity contribution is 0.111. The van der Waals surface area contributed by atoms with E-state index in [1.54, 1.807) is 6.20 Å². The van der Waals surface area contributed by atoms with E-state index in [1.807, 2.05) is 38.1 Å². The Morgan fingerprint density at radius 3 is 2.75 bits per heavy atom. The zero-order valence-electron chi connectivity index (χ0n) is 9.27. The van der Waals surface area contributed by atoms with Gasteiger partial charge < -0.3 is 0 Å². The fraction of sp³-hybridized carbons (Fsp3) is 0.154. The molecule has 0 amide bonds. The summed E-state index contributed by atoms with van der Waals surface area (Å²) >= 11 is 0. The van der Waals surface area contributed by atoms with Gasteiger partial charge >= 0.3 is 0 Å². The van der Waals surface area contributed by atoms with Crippen molar-refractivity contribution < 1.29 is 4.79 Å². The predicted molar refractivity (Wildman–Crippen MR) is 62.3 cm³/mol. The second-order valence-corrected chi connectivity index (χ2v) is 3.75. The number of carbonyl (C=O) groups is 1. The van der Waals surface area contributed by atoms with Crippen molar-refractivity contribution in [3.05, 3.63) is 47.4 Å². The lowest BCUT2D eigenvalue weighted by Gasteiger charge is -2.05. The molecule has 1 aromatic carbocycles. The molecule has 0 saturated carbocycles. The van der Waals surface area contributed by atoms with Crippen LogP contribution in [0.1, 0.15) is 21.7 Å². The molecule has 1 heterocycles. The highest BCUT2D eigenvalue weighted by Gasteiger charge is 2.05. The maximum Gasteiger partial charge on any atom is 0.193 e. The number of aryl methyl sites for hydroxylation is 2. The highest BCUT2D eigenvalue weighted by molar-refractivity contribution is 5.72. The molecule has 16 heavy (non-hydrogen) atoms. The number of benzene rings is 1. The third kappa shape index (κ3) is 1.98. The zero-order valence-corrected chi connectivity index (χ0v) is 9.27. The third-order valence-corrected chi connectivity index (χ3v) is 2.39. The molecule has 0 saturated heterocycles. The minimum atomic E-state index is 0.224. The van der Waals surface area contributed by atoms with Gasteiger partial charge in [-0.05, 0) is 25.5 Å². The molecule has 0 unspecified atom stereocenters. The number of nitrogens with zero attached hydrogens (tertiary/aromatic N) is 2. The minimum absolute atomic E-state index is 0.224. The summed E-state index contributed by atoms with van der Waals surface area (Å²) in [5.74, 6) is 0.224. The number of aromatic nitrogens is 2. The van der Waals surface area contributed by atoms with Gasteiger partial charge in [0.15, 0.2) is 12.1 Å². The molecular formula is C13H12N2O. The molecule has 2 aromatic rings. The highest BCUT2D eigenvalue weighted by Crippen LogP contribution is 2.21. The van der Waals surface area contributed by atoms with Crippen molar-refractivity contribution >= 4 is 6.29 Å². The minimum Gasteiger partial charge on any atom is -0.294 e. The fourth-order valence-electron chi connectivity index (χ4n) is 1.60. The summed E-state index contributed by atoms with van der Waals surface area (Å²) in [6.07, 6.45) is 2.34. The van der Waals surface area contributed by atoms with Crippen LogP contribution < -0.4 is 0 Å². The van der Waals surface area contributed by atoms with Crippen molar-refractivity contribution in [2.75, 3.05) is 0 Å². The van der Waals surface area contributed by atoms with Gasteiger partial charge in [-0.3, -0.25) is 4.79 Å². The molecular weight excluding hydrogens is 200 g/mol. The van der Waals surface area contributed by atoms with Crippen LogP contribution in [0.15, 0.2) is 30.5 Å². The van der Waals surface area contributed by atoms with Crippen LogP contribution in [-0.2, 0) is 0 Å². The molecule has 0 aliphatic heterocycles. The number of hydrogen-bond donors (Lipinski definition) is 0. The average molecular weight is 212 g/mol. The number of rotatable bonds is 2. The van der Waals surface area contributed by atoms with Gasteiger partial charge in [0.25, 0.3) is 0 Å². The third-order valence-electron chi connectivity index (χ3n) is 2.39. The smallest absolute Gasteiger partial charge is 0.193 e. The van der Waals surface area contributed by atoms with Gasteiger partial charge in [0, 0.05) is 11.8 Å². The van der Waals surface area contributed by atoms with E-state index in [-0.39, 0.29) is 5.82 Å². The van der Waals surface area contributed by atoms with Gasteiger partial charge in [-0.25, -0.2) is 9.97 Å². The average Bonchev–Trinajstić information content (AvgIpc) is 2.30. The van der Waals surface area contributed by atoms with Gasteiger partial charge in [-0.2, -0.15) is 0 Å². The Morgan fingerprint density at radius 2 is 2.06 bits per heavy atom. The first-order valence-electron chi connectivity index (χ1n) is 5.06. The summed E-state index contributed by atoms with van der Waals surface area (Å²) < 4.78 is 0. The quantitative estimate of drug-likeness (QED) is 0.718. The van der Waals surface area contributed by atoms with Crippen LogP contribution in [0.4, 0.5) is 0 Å². The first-order valence-corrected chi connectivity index (χ1v) is 5.06. The predicted octanol–water partition coefficient (Wildman–Crippen LogP) is 2.57. The first kappa shape index (κ1) is 10.5. The summed E-state index contributed by atoms with van der Waals surface area (Å²) in [5, 5.41) is 0. The standard InChI is InChI=1S/C13H12N2O/c1-9-4-3-5-11(6-9)13-10(2)7-14-12(8-16)15-13/h3-8H,1-2H3. The summed E-state index contributed by atoms with van der Waals surface area (Å²) in [7, 11) is 0. The summed E-state index contributed by atoms with van der Waals surface area (Å²) in [6, 6.07) is 8.04. The Balaban J connectivity index is 2.58. The normalized spacial score (nSPS) is 10.1. The maximum absolute atomic E-state index is 10.6. The summed E-state index contributed by atoms with van der Waals surface area (Å²) in [5.41, 5.74) is 3.98. The van der Waals surface area contributed by atoms with E-state index in [4.69, 9.17) is 0 Å². The molecule has 1 aromatic heterocycles.